The van der Waals surface area contributed by atoms with Crippen molar-refractivity contribution < 1.29 is 58.1 Å². The van der Waals surface area contributed by atoms with Crippen molar-refractivity contribution in [1.29, 1.82) is 0 Å². The van der Waals surface area contributed by atoms with Crippen molar-refractivity contribution in [3.05, 3.63) is 94.0 Å². The molecule has 4 rings (SSSR count). The van der Waals surface area contributed by atoms with Gasteiger partial charge in [-0.1, -0.05) is 24.4 Å². The summed E-state index contributed by atoms with van der Waals surface area (Å²) in [6, 6.07) is 13.3. The van der Waals surface area contributed by atoms with E-state index in [1.807, 2.05) is 6.07 Å². The molecule has 0 bridgehead atoms. The van der Waals surface area contributed by atoms with E-state index >= 15 is 0 Å². The summed E-state index contributed by atoms with van der Waals surface area (Å²) in [7, 11) is 5.41. The second-order valence-electron chi connectivity index (χ2n) is 8.37. The largest absolute Gasteiger partial charge is 2.00 e. The Kier molecular flexibility index (Phi) is 19.2. The topological polar surface area (TPSA) is 186 Å². The molecule has 0 unspecified atom stereocenters. The first-order valence-corrected chi connectivity index (χ1v) is 13.6. The molecule has 47 heavy (non-hydrogen) atoms. The van der Waals surface area contributed by atoms with E-state index < -0.39 is 11.9 Å². The molecule has 0 atom stereocenters. The molecule has 14 nitrogen and oxygen atoms in total. The number of isothiocyanates is 2. The van der Waals surface area contributed by atoms with E-state index in [0.717, 1.165) is 5.56 Å². The third-order valence-corrected chi connectivity index (χ3v) is 5.61. The van der Waals surface area contributed by atoms with Gasteiger partial charge in [0.25, 0.3) is 0 Å². The van der Waals surface area contributed by atoms with Crippen molar-refractivity contribution in [2.45, 2.75) is 13.2 Å². The average Bonchev–Trinajstić information content (AvgIpc) is 3.09. The fourth-order valence-corrected chi connectivity index (χ4v) is 3.74. The molecule has 0 saturated carbocycles. The van der Waals surface area contributed by atoms with E-state index in [1.165, 1.54) is 63.2 Å². The first-order valence-electron chi connectivity index (χ1n) is 12.7. The van der Waals surface area contributed by atoms with Gasteiger partial charge in [-0.15, -0.1) is 0 Å². The summed E-state index contributed by atoms with van der Waals surface area (Å²) in [5, 5.41) is 16.9. The van der Waals surface area contributed by atoms with Crippen LogP contribution in [0.3, 0.4) is 0 Å². The van der Waals surface area contributed by atoms with Crippen LogP contribution < -0.4 is 0 Å². The molecule has 0 aliphatic carbocycles. The maximum absolute atomic E-state index is 12.6. The van der Waals surface area contributed by atoms with Crippen molar-refractivity contribution in [2.75, 3.05) is 28.4 Å². The number of aromatic nitrogens is 4. The minimum absolute atomic E-state index is 0. The van der Waals surface area contributed by atoms with E-state index in [4.69, 9.17) is 49.8 Å². The molecule has 0 radical (unpaired) electrons. The monoisotopic (exact) mass is 764 g/mol. The van der Waals surface area contributed by atoms with Crippen molar-refractivity contribution in [3.8, 4) is 34.2 Å². The van der Waals surface area contributed by atoms with Crippen LogP contribution in [0.5, 0.6) is 0 Å². The maximum atomic E-state index is 12.6. The molecule has 0 spiro atoms. The van der Waals surface area contributed by atoms with Crippen molar-refractivity contribution >= 4 is 46.7 Å². The van der Waals surface area contributed by atoms with Crippen molar-refractivity contribution in [1.82, 2.24) is 19.9 Å². The summed E-state index contributed by atoms with van der Waals surface area (Å²) < 4.78 is 9.78. The summed E-state index contributed by atoms with van der Waals surface area (Å²) in [5.74, 6) is -1.11. The van der Waals surface area contributed by atoms with Crippen LogP contribution >= 0.6 is 24.4 Å². The molecule has 0 aliphatic heterocycles. The summed E-state index contributed by atoms with van der Waals surface area (Å²) in [6.07, 6.45) is 3.09. The van der Waals surface area contributed by atoms with Gasteiger partial charge >= 0.3 is 31.4 Å². The summed E-state index contributed by atoms with van der Waals surface area (Å²) in [4.78, 5) is 62.7. The first kappa shape index (κ1) is 40.6. The minimum Gasteiger partial charge on any atom is -0.753 e. The van der Waals surface area contributed by atoms with Crippen LogP contribution in [0, 0.1) is 0 Å². The number of methoxy groups -OCH3 is 2. The van der Waals surface area contributed by atoms with Gasteiger partial charge in [0.15, 0.2) is 0 Å². The molecule has 0 amide bonds. The molecule has 0 N–H and O–H groups in total. The van der Waals surface area contributed by atoms with Crippen LogP contribution in [-0.2, 0) is 61.7 Å². The van der Waals surface area contributed by atoms with Gasteiger partial charge in [0.1, 0.15) is 13.2 Å². The quantitative estimate of drug-likeness (QED) is 0.0478. The zero-order chi connectivity index (χ0) is 33.9. The molecule has 4 aromatic rings. The number of pyridine rings is 4. The van der Waals surface area contributed by atoms with Gasteiger partial charge in [-0.2, -0.15) is 10.3 Å². The van der Waals surface area contributed by atoms with E-state index in [0.29, 0.717) is 39.7 Å². The van der Waals surface area contributed by atoms with Gasteiger partial charge < -0.3 is 20.3 Å². The SMILES string of the molecule is COOCc1ccnc(-c2cc(COOC)cc(-c3cc(C(=O)OC)cc(-c4cc(C(=O)OC)ccn4)n3)n2)c1.[N-]=C=S.[N-]=C=S.[Ru+2]. The maximum Gasteiger partial charge on any atom is 2.00 e. The molecule has 0 saturated heterocycles. The average molecular weight is 764 g/mol. The molecule has 0 fully saturated rings. The van der Waals surface area contributed by atoms with Gasteiger partial charge in [0, 0.05) is 12.4 Å². The van der Waals surface area contributed by atoms with Crippen LogP contribution in [0.25, 0.3) is 45.0 Å². The van der Waals surface area contributed by atoms with Gasteiger partial charge in [-0.3, -0.25) is 9.97 Å². The van der Waals surface area contributed by atoms with Crippen LogP contribution in [0.15, 0.2) is 60.9 Å². The standard InChI is InChI=1S/C28H26N4O8.2CNS.Ru/c1-35-27(33)19-6-8-30-22(12-19)25-13-20(28(34)36-2)14-26(32-25)24-11-18(16-40-38-4)10-23(31-24)21-9-17(5-7-29-21)15-39-37-3;2*2-1-3;/h5-14H,15-16H2,1-4H3;;;/q;2*-1;+2. The smallest absolute Gasteiger partial charge is 0.753 e. The van der Waals surface area contributed by atoms with Crippen LogP contribution in [0.1, 0.15) is 31.8 Å². The van der Waals surface area contributed by atoms with Gasteiger partial charge in [-0.05, 0) is 59.7 Å². The van der Waals surface area contributed by atoms with E-state index in [-0.39, 0.29) is 43.8 Å². The zero-order valence-corrected chi connectivity index (χ0v) is 28.7. The molecule has 4 aromatic heterocycles. The zero-order valence-electron chi connectivity index (χ0n) is 25.3. The van der Waals surface area contributed by atoms with Crippen molar-refractivity contribution in [2.24, 2.45) is 0 Å². The Labute approximate surface area is 293 Å². The first-order chi connectivity index (χ1) is 22.3. The fourth-order valence-electron chi connectivity index (χ4n) is 3.74. The summed E-state index contributed by atoms with van der Waals surface area (Å²) in [5.41, 5.74) is 4.54. The Morgan fingerprint density at radius 3 is 1.55 bits per heavy atom. The molecule has 17 heteroatoms. The van der Waals surface area contributed by atoms with Crippen LogP contribution in [0.2, 0.25) is 0 Å². The van der Waals surface area contributed by atoms with E-state index in [2.05, 4.69) is 34.4 Å². The third-order valence-electron chi connectivity index (χ3n) is 5.61. The number of esters is 2. The number of ether oxygens (including phenoxy) is 2. The van der Waals surface area contributed by atoms with Crippen LogP contribution in [-0.4, -0.2) is 70.6 Å². The predicted octanol–water partition coefficient (Wildman–Crippen LogP) is 5.31. The Morgan fingerprint density at radius 1 is 0.638 bits per heavy atom. The van der Waals surface area contributed by atoms with E-state index in [1.54, 1.807) is 30.5 Å². The number of nitrogens with zero attached hydrogens (tertiary/aromatic N) is 6. The minimum atomic E-state index is -0.583. The number of thiocarbonyl (C=S) groups is 2. The number of rotatable bonds is 11. The Morgan fingerprint density at radius 2 is 1.02 bits per heavy atom. The van der Waals surface area contributed by atoms with Crippen molar-refractivity contribution in [3.63, 3.8) is 0 Å². The van der Waals surface area contributed by atoms with Gasteiger partial charge in [0.05, 0.1) is 73.7 Å². The number of carbonyl (C=O) groups excluding carboxylic acids is 2. The molecule has 4 heterocycles. The van der Waals surface area contributed by atoms with Gasteiger partial charge in [-0.25, -0.2) is 39.1 Å². The predicted molar refractivity (Wildman–Crippen MR) is 172 cm³/mol. The Bertz CT molecular complexity index is 1710. The molecular weight excluding hydrogens is 738 g/mol. The second kappa shape index (κ2) is 22.2. The molecular formula is C30H26N6O8RuS2. The second-order valence-corrected chi connectivity index (χ2v) is 8.74. The Balaban J connectivity index is 0.00000146. The summed E-state index contributed by atoms with van der Waals surface area (Å²) in [6.45, 7) is 0.326. The number of hydrogen-bond acceptors (Lipinski definition) is 14. The van der Waals surface area contributed by atoms with Crippen LogP contribution in [0.4, 0.5) is 0 Å². The molecule has 0 aliphatic rings. The van der Waals surface area contributed by atoms with E-state index in [9.17, 15) is 9.59 Å². The number of carbonyl (C=O) groups is 2. The third kappa shape index (κ3) is 12.7. The number of hydrogen-bond donors (Lipinski definition) is 0. The van der Waals surface area contributed by atoms with Gasteiger partial charge in [0.2, 0.25) is 0 Å². The normalized spacial score (nSPS) is 9.53. The molecule has 244 valence electrons. The summed E-state index contributed by atoms with van der Waals surface area (Å²) >= 11 is 7.40. The fraction of sp³-hybridized carbons (Fsp3) is 0.200. The molecule has 0 aromatic carbocycles. The Hall–Kier alpha value is -4.40.